The predicted molar refractivity (Wildman–Crippen MR) is 72.1 cm³/mol. The smallest absolute Gasteiger partial charge is 0.125 e. The molecule has 2 N–H and O–H groups in total. The first-order valence-electron chi connectivity index (χ1n) is 6.79. The number of rotatable bonds is 8. The Kier molecular flexibility index (Phi) is 6.78. The molecule has 0 bridgehead atoms. The maximum absolute atomic E-state index is 9.54. The zero-order chi connectivity index (χ0) is 12.5. The van der Waals surface area contributed by atoms with E-state index in [1.54, 1.807) is 6.92 Å². The van der Waals surface area contributed by atoms with Crippen molar-refractivity contribution in [1.29, 1.82) is 0 Å². The Bertz CT molecular complexity index is 249. The maximum atomic E-state index is 9.54. The first-order valence-corrected chi connectivity index (χ1v) is 6.79. The summed E-state index contributed by atoms with van der Waals surface area (Å²) < 4.78 is 0. The molecule has 1 rings (SSSR count). The quantitative estimate of drug-likeness (QED) is 0.504. The van der Waals surface area contributed by atoms with Crippen LogP contribution >= 0.6 is 0 Å². The minimum Gasteiger partial charge on any atom is -0.374 e. The van der Waals surface area contributed by atoms with Gasteiger partial charge in [-0.15, -0.1) is 0 Å². The zero-order valence-corrected chi connectivity index (χ0v) is 11.1. The number of nitrogens with zero attached hydrogens (tertiary/aromatic N) is 1. The van der Waals surface area contributed by atoms with Gasteiger partial charge in [0.2, 0.25) is 0 Å². The number of unbranched alkanes of at least 4 members (excludes halogenated alkanes) is 3. The van der Waals surface area contributed by atoms with Gasteiger partial charge < -0.3 is 15.3 Å². The molecule has 1 heterocycles. The lowest BCUT2D eigenvalue weighted by molar-refractivity contribution is 0.0264. The van der Waals surface area contributed by atoms with Gasteiger partial charge in [0, 0.05) is 12.4 Å². The van der Waals surface area contributed by atoms with Crippen LogP contribution in [0.2, 0.25) is 0 Å². The molecule has 0 aromatic heterocycles. The molecule has 0 amide bonds. The van der Waals surface area contributed by atoms with Crippen LogP contribution in [0.25, 0.3) is 0 Å². The van der Waals surface area contributed by atoms with Gasteiger partial charge in [-0.25, -0.2) is 0 Å². The van der Waals surface area contributed by atoms with E-state index in [1.807, 2.05) is 17.3 Å². The van der Waals surface area contributed by atoms with Crippen molar-refractivity contribution < 1.29 is 5.11 Å². The van der Waals surface area contributed by atoms with Crippen LogP contribution in [0, 0.1) is 0 Å². The largest absolute Gasteiger partial charge is 0.374 e. The fourth-order valence-electron chi connectivity index (χ4n) is 2.05. The summed E-state index contributed by atoms with van der Waals surface area (Å²) >= 11 is 0. The molecule has 3 nitrogen and oxygen atoms in total. The molecule has 0 spiro atoms. The van der Waals surface area contributed by atoms with E-state index in [4.69, 9.17) is 0 Å². The molecule has 1 aliphatic heterocycles. The Morgan fingerprint density at radius 2 is 2.12 bits per heavy atom. The van der Waals surface area contributed by atoms with Gasteiger partial charge in [0.05, 0.1) is 0 Å². The van der Waals surface area contributed by atoms with E-state index >= 15 is 0 Å². The molecule has 3 heteroatoms. The van der Waals surface area contributed by atoms with Crippen molar-refractivity contribution in [3.63, 3.8) is 0 Å². The normalized spacial score (nSPS) is 21.1. The van der Waals surface area contributed by atoms with Crippen LogP contribution in [0.15, 0.2) is 24.6 Å². The van der Waals surface area contributed by atoms with Crippen molar-refractivity contribution in [3.05, 3.63) is 24.6 Å². The molecule has 0 saturated carbocycles. The highest BCUT2D eigenvalue weighted by atomic mass is 16.3. The maximum Gasteiger partial charge on any atom is 0.125 e. The topological polar surface area (TPSA) is 35.5 Å². The number of aliphatic hydroxyl groups excluding tert-OH is 1. The molecule has 0 aliphatic carbocycles. The molecule has 2 unspecified atom stereocenters. The fraction of sp³-hybridized carbons (Fsp3) is 0.714. The molecular weight excluding hydrogens is 212 g/mol. The van der Waals surface area contributed by atoms with Gasteiger partial charge in [-0.2, -0.15) is 0 Å². The first-order chi connectivity index (χ1) is 8.25. The van der Waals surface area contributed by atoms with Gasteiger partial charge in [-0.1, -0.05) is 31.9 Å². The second kappa shape index (κ2) is 8.18. The van der Waals surface area contributed by atoms with E-state index < -0.39 is 6.23 Å². The third-order valence-electron chi connectivity index (χ3n) is 3.07. The zero-order valence-electron chi connectivity index (χ0n) is 11.1. The summed E-state index contributed by atoms with van der Waals surface area (Å²) in [6, 6.07) is 0. The summed E-state index contributed by atoms with van der Waals surface area (Å²) in [5, 5.41) is 12.8. The van der Waals surface area contributed by atoms with Gasteiger partial charge in [-0.05, 0) is 32.6 Å². The minimum absolute atomic E-state index is 0.246. The predicted octanol–water partition coefficient (Wildman–Crippen LogP) is 2.94. The van der Waals surface area contributed by atoms with Crippen molar-refractivity contribution in [2.24, 2.45) is 0 Å². The van der Waals surface area contributed by atoms with E-state index in [9.17, 15) is 5.11 Å². The van der Waals surface area contributed by atoms with E-state index in [-0.39, 0.29) is 6.17 Å². The number of aliphatic hydroxyl groups is 1. The van der Waals surface area contributed by atoms with Crippen molar-refractivity contribution in [1.82, 2.24) is 10.2 Å². The second-order valence-electron chi connectivity index (χ2n) is 4.62. The molecule has 0 saturated heterocycles. The van der Waals surface area contributed by atoms with Crippen LogP contribution in [0.5, 0.6) is 0 Å². The molecule has 17 heavy (non-hydrogen) atoms. The van der Waals surface area contributed by atoms with Gasteiger partial charge in [0.15, 0.2) is 0 Å². The molecular formula is C14H26N2O. The molecule has 98 valence electrons. The fourth-order valence-corrected chi connectivity index (χ4v) is 2.05. The van der Waals surface area contributed by atoms with Crippen molar-refractivity contribution >= 4 is 0 Å². The van der Waals surface area contributed by atoms with E-state index in [0.717, 1.165) is 12.8 Å². The Balaban J connectivity index is 2.10. The average Bonchev–Trinajstić information content (AvgIpc) is 2.76. The molecule has 0 aromatic rings. The summed E-state index contributed by atoms with van der Waals surface area (Å²) in [5.41, 5.74) is 0. The highest BCUT2D eigenvalue weighted by molar-refractivity contribution is 4.95. The SMILES string of the molecule is CCCCC/C=C/CCC1NC=CN1C(C)O. The van der Waals surface area contributed by atoms with Crippen LogP contribution in [-0.4, -0.2) is 22.4 Å². The molecule has 0 aromatic carbocycles. The van der Waals surface area contributed by atoms with Crippen LogP contribution in [0.4, 0.5) is 0 Å². The van der Waals surface area contributed by atoms with E-state index in [1.165, 1.54) is 25.7 Å². The van der Waals surface area contributed by atoms with E-state index in [0.29, 0.717) is 0 Å². The second-order valence-corrected chi connectivity index (χ2v) is 4.62. The summed E-state index contributed by atoms with van der Waals surface area (Å²) in [6.07, 6.45) is 15.4. The molecule has 0 fully saturated rings. The highest BCUT2D eigenvalue weighted by Gasteiger charge is 2.20. The van der Waals surface area contributed by atoms with Crippen molar-refractivity contribution in [2.75, 3.05) is 0 Å². The Morgan fingerprint density at radius 3 is 2.82 bits per heavy atom. The summed E-state index contributed by atoms with van der Waals surface area (Å²) in [7, 11) is 0. The van der Waals surface area contributed by atoms with E-state index in [2.05, 4.69) is 24.4 Å². The van der Waals surface area contributed by atoms with Gasteiger partial charge in [-0.3, -0.25) is 0 Å². The standard InChI is InChI=1S/C14H26N2O/c1-3-4-5-6-7-8-9-10-14-15-11-12-16(14)13(2)17/h7-8,11-15,17H,3-6,9-10H2,1-2H3/b8-7+. The third-order valence-corrected chi connectivity index (χ3v) is 3.07. The van der Waals surface area contributed by atoms with Crippen LogP contribution < -0.4 is 5.32 Å². The van der Waals surface area contributed by atoms with Gasteiger partial charge >= 0.3 is 0 Å². The molecule has 0 radical (unpaired) electrons. The lowest BCUT2D eigenvalue weighted by Gasteiger charge is -2.27. The summed E-state index contributed by atoms with van der Waals surface area (Å²) in [4.78, 5) is 1.95. The number of nitrogens with one attached hydrogen (secondary N) is 1. The van der Waals surface area contributed by atoms with Gasteiger partial charge in [0.1, 0.15) is 12.4 Å². The lowest BCUT2D eigenvalue weighted by atomic mass is 10.1. The van der Waals surface area contributed by atoms with Crippen molar-refractivity contribution in [3.8, 4) is 0 Å². The lowest BCUT2D eigenvalue weighted by Crippen LogP contribution is -2.40. The monoisotopic (exact) mass is 238 g/mol. The molecule has 1 aliphatic rings. The van der Waals surface area contributed by atoms with Crippen LogP contribution in [-0.2, 0) is 0 Å². The Morgan fingerprint density at radius 1 is 1.35 bits per heavy atom. The van der Waals surface area contributed by atoms with Crippen LogP contribution in [0.1, 0.15) is 52.4 Å². The Hall–Kier alpha value is -0.960. The first kappa shape index (κ1) is 14.1. The minimum atomic E-state index is -0.417. The number of hydrogen-bond donors (Lipinski definition) is 2. The van der Waals surface area contributed by atoms with Crippen LogP contribution in [0.3, 0.4) is 0 Å². The van der Waals surface area contributed by atoms with Crippen molar-refractivity contribution in [2.45, 2.75) is 64.8 Å². The Labute approximate surface area is 105 Å². The molecule has 2 atom stereocenters. The summed E-state index contributed by atoms with van der Waals surface area (Å²) in [6.45, 7) is 4.03. The number of allylic oxidation sites excluding steroid dienone is 2. The highest BCUT2D eigenvalue weighted by Crippen LogP contribution is 2.13. The third kappa shape index (κ3) is 5.26. The number of hydrogen-bond acceptors (Lipinski definition) is 3. The van der Waals surface area contributed by atoms with Gasteiger partial charge in [0.25, 0.3) is 0 Å². The summed E-state index contributed by atoms with van der Waals surface area (Å²) in [5.74, 6) is 0. The average molecular weight is 238 g/mol.